The molecule has 1 fully saturated rings. The van der Waals surface area contributed by atoms with E-state index >= 15 is 0 Å². The van der Waals surface area contributed by atoms with Crippen LogP contribution in [0.2, 0.25) is 0 Å². The molecule has 20 heavy (non-hydrogen) atoms. The van der Waals surface area contributed by atoms with Crippen molar-refractivity contribution < 1.29 is 14.1 Å². The lowest BCUT2D eigenvalue weighted by molar-refractivity contribution is -0.926. The molecule has 0 unspecified atom stereocenters. The minimum atomic E-state index is -0.371. The third-order valence-electron chi connectivity index (χ3n) is 4.64. The van der Waals surface area contributed by atoms with Gasteiger partial charge in [-0.2, -0.15) is 5.48 Å². The molecule has 0 amide bonds. The Labute approximate surface area is 123 Å². The molecule has 0 heterocycles. The summed E-state index contributed by atoms with van der Waals surface area (Å²) in [5.74, 6) is -0.371. The predicted octanol–water partition coefficient (Wildman–Crippen LogP) is 2.80. The first-order valence-corrected chi connectivity index (χ1v) is 7.70. The van der Waals surface area contributed by atoms with E-state index in [1.165, 1.54) is 38.5 Å². The van der Waals surface area contributed by atoms with Crippen LogP contribution in [0.3, 0.4) is 0 Å². The van der Waals surface area contributed by atoms with Gasteiger partial charge < -0.3 is 9.32 Å². The van der Waals surface area contributed by atoms with E-state index in [9.17, 15) is 4.79 Å². The van der Waals surface area contributed by atoms with E-state index in [4.69, 9.17) is 4.84 Å². The molecule has 1 aliphatic rings. The highest BCUT2D eigenvalue weighted by atomic mass is 16.7. The van der Waals surface area contributed by atoms with Crippen molar-refractivity contribution in [1.82, 2.24) is 5.48 Å². The van der Waals surface area contributed by atoms with Gasteiger partial charge in [0.1, 0.15) is 0 Å². The van der Waals surface area contributed by atoms with Crippen LogP contribution in [0.4, 0.5) is 0 Å². The Kier molecular flexibility index (Phi) is 6.21. The zero-order valence-electron chi connectivity index (χ0n) is 13.6. The van der Waals surface area contributed by atoms with Crippen molar-refractivity contribution in [3.8, 4) is 0 Å². The van der Waals surface area contributed by atoms with E-state index in [1.807, 2.05) is 0 Å². The number of nitrogens with zero attached hydrogens (tertiary/aromatic N) is 1. The van der Waals surface area contributed by atoms with Gasteiger partial charge in [-0.25, -0.2) is 4.79 Å². The summed E-state index contributed by atoms with van der Waals surface area (Å²) < 4.78 is 1.03. The molecule has 1 N–H and O–H groups in total. The molecule has 0 radical (unpaired) electrons. The molecule has 1 aliphatic carbocycles. The van der Waals surface area contributed by atoms with Crippen molar-refractivity contribution in [2.24, 2.45) is 0 Å². The summed E-state index contributed by atoms with van der Waals surface area (Å²) in [6.07, 6.45) is 8.87. The van der Waals surface area contributed by atoms with Crippen molar-refractivity contribution in [3.63, 3.8) is 0 Å². The number of hydrogen-bond acceptors (Lipinski definition) is 3. The zero-order chi connectivity index (χ0) is 15.2. The van der Waals surface area contributed by atoms with Crippen LogP contribution in [0.1, 0.15) is 51.9 Å². The molecule has 4 heteroatoms. The Morgan fingerprint density at radius 2 is 1.85 bits per heavy atom. The fraction of sp³-hybridized carbons (Fsp3) is 0.812. The van der Waals surface area contributed by atoms with E-state index in [2.05, 4.69) is 33.2 Å². The summed E-state index contributed by atoms with van der Waals surface area (Å²) >= 11 is 0. The Hall–Kier alpha value is -0.870. The third kappa shape index (κ3) is 4.60. The van der Waals surface area contributed by atoms with E-state index in [0.717, 1.165) is 10.9 Å². The molecular formula is C16H31N2O2+. The first kappa shape index (κ1) is 17.2. The molecule has 0 saturated heterocycles. The Bertz CT molecular complexity index is 339. The van der Waals surface area contributed by atoms with Gasteiger partial charge in [0.05, 0.1) is 26.7 Å². The van der Waals surface area contributed by atoms with Crippen LogP contribution in [0.15, 0.2) is 12.2 Å². The van der Waals surface area contributed by atoms with Crippen LogP contribution < -0.4 is 5.48 Å². The van der Waals surface area contributed by atoms with Crippen molar-refractivity contribution in [1.29, 1.82) is 0 Å². The fourth-order valence-corrected chi connectivity index (χ4v) is 3.16. The van der Waals surface area contributed by atoms with Crippen LogP contribution in [0.25, 0.3) is 0 Å². The molecule has 0 atom stereocenters. The number of nitrogens with one attached hydrogen (secondary N) is 1. The van der Waals surface area contributed by atoms with Gasteiger partial charge in [-0.05, 0) is 26.2 Å². The first-order valence-electron chi connectivity index (χ1n) is 7.70. The average Bonchev–Trinajstić information content (AvgIpc) is 2.37. The minimum absolute atomic E-state index is 0.371. The van der Waals surface area contributed by atoms with E-state index in [0.29, 0.717) is 17.7 Å². The monoisotopic (exact) mass is 283 g/mol. The summed E-state index contributed by atoms with van der Waals surface area (Å²) in [6, 6.07) is 0. The summed E-state index contributed by atoms with van der Waals surface area (Å²) in [5.41, 5.74) is 3.57. The van der Waals surface area contributed by atoms with Crippen LogP contribution in [0.5, 0.6) is 0 Å². The summed E-state index contributed by atoms with van der Waals surface area (Å²) in [5, 5.41) is 0. The number of carbonyl (C=O) groups is 1. The molecule has 4 nitrogen and oxygen atoms in total. The number of quaternary nitrogens is 1. The van der Waals surface area contributed by atoms with Gasteiger partial charge >= 0.3 is 5.97 Å². The normalized spacial score (nSPS) is 18.6. The molecule has 1 rings (SSSR count). The molecule has 0 bridgehead atoms. The highest BCUT2D eigenvalue weighted by molar-refractivity contribution is 5.86. The van der Waals surface area contributed by atoms with Crippen LogP contribution in [0, 0.1) is 0 Å². The highest BCUT2D eigenvalue weighted by Gasteiger charge is 2.42. The summed E-state index contributed by atoms with van der Waals surface area (Å²) in [7, 11) is 6.92. The third-order valence-corrected chi connectivity index (χ3v) is 4.64. The first-order chi connectivity index (χ1) is 9.28. The molecular weight excluding hydrogens is 252 g/mol. The quantitative estimate of drug-likeness (QED) is 0.338. The zero-order valence-corrected chi connectivity index (χ0v) is 13.6. The molecule has 0 aromatic carbocycles. The minimum Gasteiger partial charge on any atom is -0.367 e. The average molecular weight is 283 g/mol. The van der Waals surface area contributed by atoms with Crippen molar-refractivity contribution in [2.45, 2.75) is 57.4 Å². The van der Waals surface area contributed by atoms with Gasteiger partial charge in [0, 0.05) is 31.4 Å². The predicted molar refractivity (Wildman–Crippen MR) is 82.0 cm³/mol. The van der Waals surface area contributed by atoms with Gasteiger partial charge in [-0.1, -0.05) is 13.0 Å². The Morgan fingerprint density at radius 3 is 2.35 bits per heavy atom. The molecule has 1 saturated carbocycles. The van der Waals surface area contributed by atoms with Gasteiger partial charge in [-0.3, -0.25) is 0 Å². The van der Waals surface area contributed by atoms with Gasteiger partial charge in [0.25, 0.3) is 0 Å². The van der Waals surface area contributed by atoms with E-state index in [1.54, 1.807) is 6.92 Å². The second-order valence-electron chi connectivity index (χ2n) is 6.97. The lowest BCUT2D eigenvalue weighted by Crippen LogP contribution is -2.58. The van der Waals surface area contributed by atoms with Crippen LogP contribution in [-0.2, 0) is 9.63 Å². The molecule has 116 valence electrons. The largest absolute Gasteiger partial charge is 0.367 e. The topological polar surface area (TPSA) is 38.3 Å². The maximum absolute atomic E-state index is 11.2. The number of carbonyl (C=O) groups excluding carboxylic acids is 1. The lowest BCUT2D eigenvalue weighted by atomic mass is 9.76. The SMILES string of the molecule is C=C(C)C(=O)ONCCCC1([N+](C)(C)C)CCCCC1. The van der Waals surface area contributed by atoms with Gasteiger partial charge in [0.15, 0.2) is 0 Å². The second-order valence-corrected chi connectivity index (χ2v) is 6.97. The molecule has 0 spiro atoms. The maximum Gasteiger partial charge on any atom is 0.351 e. The van der Waals surface area contributed by atoms with Crippen LogP contribution in [-0.4, -0.2) is 43.7 Å². The standard InChI is InChI=1S/C16H31N2O2/c1-14(2)15(19)20-17-13-9-12-16(18(3,4)5)10-7-6-8-11-16/h17H,1,6-13H2,2-5H3/q+1. The highest BCUT2D eigenvalue weighted by Crippen LogP contribution is 2.39. The van der Waals surface area contributed by atoms with Crippen molar-refractivity contribution in [3.05, 3.63) is 12.2 Å². The summed E-state index contributed by atoms with van der Waals surface area (Å²) in [6.45, 7) is 5.91. The second kappa shape index (κ2) is 7.23. The Balaban J connectivity index is 2.37. The number of hydrogen-bond donors (Lipinski definition) is 1. The fourth-order valence-electron chi connectivity index (χ4n) is 3.16. The molecule has 0 aromatic rings. The maximum atomic E-state index is 11.2. The van der Waals surface area contributed by atoms with Crippen molar-refractivity contribution >= 4 is 5.97 Å². The van der Waals surface area contributed by atoms with E-state index < -0.39 is 0 Å². The number of hydroxylamine groups is 1. The van der Waals surface area contributed by atoms with E-state index in [-0.39, 0.29) is 5.97 Å². The molecule has 0 aliphatic heterocycles. The van der Waals surface area contributed by atoms with Gasteiger partial charge in [-0.15, -0.1) is 0 Å². The smallest absolute Gasteiger partial charge is 0.351 e. The Morgan fingerprint density at radius 1 is 1.25 bits per heavy atom. The number of rotatable bonds is 7. The molecule has 0 aromatic heterocycles. The van der Waals surface area contributed by atoms with Crippen LogP contribution >= 0.6 is 0 Å². The lowest BCUT2D eigenvalue weighted by Gasteiger charge is -2.49. The van der Waals surface area contributed by atoms with Crippen molar-refractivity contribution in [2.75, 3.05) is 27.7 Å². The summed E-state index contributed by atoms with van der Waals surface area (Å²) in [4.78, 5) is 16.2. The van der Waals surface area contributed by atoms with Gasteiger partial charge in [0.2, 0.25) is 0 Å².